The van der Waals surface area contributed by atoms with Gasteiger partial charge < -0.3 is 4.90 Å². The van der Waals surface area contributed by atoms with Crippen molar-refractivity contribution < 1.29 is 13.2 Å². The Morgan fingerprint density at radius 1 is 1.29 bits per heavy atom. The molecule has 0 radical (unpaired) electrons. The average molecular weight is 293 g/mol. The molecule has 0 aliphatic heterocycles. The highest BCUT2D eigenvalue weighted by Crippen LogP contribution is 2.26. The Labute approximate surface area is 120 Å². The number of aromatic nitrogens is 1. The minimum absolute atomic E-state index is 0.164. The van der Waals surface area contributed by atoms with Crippen molar-refractivity contribution in [3.05, 3.63) is 35.9 Å². The molecule has 0 bridgehead atoms. The maximum atomic E-state index is 12.7. The molecule has 0 aliphatic carbocycles. The Hall–Kier alpha value is -2.29. The molecule has 6 heteroatoms. The van der Waals surface area contributed by atoms with E-state index in [2.05, 4.69) is 4.98 Å². The van der Waals surface area contributed by atoms with Gasteiger partial charge in [-0.1, -0.05) is 18.2 Å². The molecule has 0 atom stereocenters. The van der Waals surface area contributed by atoms with Crippen molar-refractivity contribution >= 4 is 16.7 Å². The number of alkyl halides is 3. The molecule has 0 N–H and O–H groups in total. The predicted molar refractivity (Wildman–Crippen MR) is 75.0 cm³/mol. The van der Waals surface area contributed by atoms with E-state index < -0.39 is 12.7 Å². The second kappa shape index (κ2) is 5.60. The molecule has 110 valence electrons. The fraction of sp³-hybridized carbons (Fsp3) is 0.333. The quantitative estimate of drug-likeness (QED) is 0.862. The van der Waals surface area contributed by atoms with Crippen LogP contribution in [0.2, 0.25) is 0 Å². The van der Waals surface area contributed by atoms with E-state index >= 15 is 0 Å². The molecular weight excluding hydrogens is 279 g/mol. The third-order valence-corrected chi connectivity index (χ3v) is 3.09. The van der Waals surface area contributed by atoms with Gasteiger partial charge in [-0.25, -0.2) is 4.98 Å². The lowest BCUT2D eigenvalue weighted by molar-refractivity contribution is -0.120. The van der Waals surface area contributed by atoms with Gasteiger partial charge in [0.15, 0.2) is 0 Å². The lowest BCUT2D eigenvalue weighted by atomic mass is 10.1. The van der Waals surface area contributed by atoms with Crippen molar-refractivity contribution in [1.29, 1.82) is 5.26 Å². The fourth-order valence-corrected chi connectivity index (χ4v) is 2.12. The van der Waals surface area contributed by atoms with Crippen LogP contribution in [0.1, 0.15) is 19.4 Å². The number of hydrogen-bond donors (Lipinski definition) is 0. The molecular formula is C15H14F3N3. The van der Waals surface area contributed by atoms with Gasteiger partial charge in [0.1, 0.15) is 12.4 Å². The van der Waals surface area contributed by atoms with E-state index in [1.807, 2.05) is 6.07 Å². The molecule has 0 fully saturated rings. The number of halogens is 3. The highest BCUT2D eigenvalue weighted by molar-refractivity contribution is 5.86. The third-order valence-electron chi connectivity index (χ3n) is 3.09. The molecule has 1 heterocycles. The molecule has 1 aromatic carbocycles. The van der Waals surface area contributed by atoms with Gasteiger partial charge in [-0.3, -0.25) is 0 Å². The number of rotatable bonds is 3. The number of pyridine rings is 1. The van der Waals surface area contributed by atoms with Gasteiger partial charge in [0.25, 0.3) is 0 Å². The highest BCUT2D eigenvalue weighted by atomic mass is 19.4. The van der Waals surface area contributed by atoms with Gasteiger partial charge >= 0.3 is 6.18 Å². The second-order valence-corrected chi connectivity index (χ2v) is 4.99. The van der Waals surface area contributed by atoms with Crippen LogP contribution in [0.4, 0.5) is 19.0 Å². The maximum Gasteiger partial charge on any atom is 0.405 e. The van der Waals surface area contributed by atoms with Crippen molar-refractivity contribution in [2.24, 2.45) is 0 Å². The van der Waals surface area contributed by atoms with Crippen molar-refractivity contribution in [1.82, 2.24) is 4.98 Å². The lowest BCUT2D eigenvalue weighted by Crippen LogP contribution is -2.39. The molecule has 0 aliphatic rings. The first-order valence-electron chi connectivity index (χ1n) is 6.45. The largest absolute Gasteiger partial charge is 0.405 e. The van der Waals surface area contributed by atoms with Gasteiger partial charge in [0, 0.05) is 11.4 Å². The van der Waals surface area contributed by atoms with Gasteiger partial charge in [-0.15, -0.1) is 0 Å². The standard InChI is InChI=1S/C15H14F3N3/c1-10(2)21(9-15(16,17)18)14-7-11(8-19)12-5-3-4-6-13(12)20-14/h3-7,10H,9H2,1-2H3. The van der Waals surface area contributed by atoms with E-state index in [-0.39, 0.29) is 11.9 Å². The first-order chi connectivity index (χ1) is 9.81. The summed E-state index contributed by atoms with van der Waals surface area (Å²) in [6.45, 7) is 2.23. The van der Waals surface area contributed by atoms with Gasteiger partial charge in [0.2, 0.25) is 0 Å². The van der Waals surface area contributed by atoms with Crippen LogP contribution in [0, 0.1) is 11.3 Å². The van der Waals surface area contributed by atoms with E-state index in [0.717, 1.165) is 4.90 Å². The molecule has 21 heavy (non-hydrogen) atoms. The van der Waals surface area contributed by atoms with Crippen LogP contribution in [0.3, 0.4) is 0 Å². The summed E-state index contributed by atoms with van der Waals surface area (Å²) in [7, 11) is 0. The Bertz CT molecular complexity index is 687. The predicted octanol–water partition coefficient (Wildman–Crippen LogP) is 3.88. The van der Waals surface area contributed by atoms with Crippen molar-refractivity contribution in [2.45, 2.75) is 26.1 Å². The summed E-state index contributed by atoms with van der Waals surface area (Å²) in [5.74, 6) is 0.164. The zero-order chi connectivity index (χ0) is 15.6. The fourth-order valence-electron chi connectivity index (χ4n) is 2.12. The molecule has 0 saturated heterocycles. The summed E-state index contributed by atoms with van der Waals surface area (Å²) in [5.41, 5.74) is 0.836. The van der Waals surface area contributed by atoms with Crippen molar-refractivity contribution in [3.63, 3.8) is 0 Å². The van der Waals surface area contributed by atoms with E-state index in [4.69, 9.17) is 0 Å². The average Bonchev–Trinajstić information content (AvgIpc) is 2.42. The smallest absolute Gasteiger partial charge is 0.345 e. The van der Waals surface area contributed by atoms with Gasteiger partial charge in [-0.2, -0.15) is 18.4 Å². The summed E-state index contributed by atoms with van der Waals surface area (Å²) in [4.78, 5) is 5.41. The molecule has 0 spiro atoms. The summed E-state index contributed by atoms with van der Waals surface area (Å²) < 4.78 is 38.1. The Morgan fingerprint density at radius 3 is 2.52 bits per heavy atom. The van der Waals surface area contributed by atoms with Crippen molar-refractivity contribution in [2.75, 3.05) is 11.4 Å². The molecule has 0 saturated carbocycles. The molecule has 2 aromatic rings. The summed E-state index contributed by atoms with van der Waals surface area (Å²) >= 11 is 0. The zero-order valence-electron chi connectivity index (χ0n) is 11.6. The summed E-state index contributed by atoms with van der Waals surface area (Å²) in [6, 6.07) is 9.97. The normalized spacial score (nSPS) is 11.7. The maximum absolute atomic E-state index is 12.7. The topological polar surface area (TPSA) is 39.9 Å². The van der Waals surface area contributed by atoms with Crippen LogP contribution in [0.15, 0.2) is 30.3 Å². The first kappa shape index (κ1) is 15.1. The highest BCUT2D eigenvalue weighted by Gasteiger charge is 2.32. The van der Waals surface area contributed by atoms with Crippen LogP contribution in [-0.2, 0) is 0 Å². The van der Waals surface area contributed by atoms with E-state index in [1.54, 1.807) is 38.1 Å². The zero-order valence-corrected chi connectivity index (χ0v) is 11.6. The minimum Gasteiger partial charge on any atom is -0.345 e. The van der Waals surface area contributed by atoms with Crippen LogP contribution in [-0.4, -0.2) is 23.7 Å². The van der Waals surface area contributed by atoms with Crippen molar-refractivity contribution in [3.8, 4) is 6.07 Å². The summed E-state index contributed by atoms with van der Waals surface area (Å²) in [5, 5.41) is 9.83. The third kappa shape index (κ3) is 3.43. The Balaban J connectivity index is 2.56. The molecule has 0 unspecified atom stereocenters. The van der Waals surface area contributed by atoms with Crippen LogP contribution in [0.5, 0.6) is 0 Å². The Kier molecular flexibility index (Phi) is 4.03. The molecule has 3 nitrogen and oxygen atoms in total. The Morgan fingerprint density at radius 2 is 1.95 bits per heavy atom. The van der Waals surface area contributed by atoms with Gasteiger partial charge in [0.05, 0.1) is 17.1 Å². The van der Waals surface area contributed by atoms with Crippen LogP contribution >= 0.6 is 0 Å². The van der Waals surface area contributed by atoms with E-state index in [9.17, 15) is 18.4 Å². The van der Waals surface area contributed by atoms with Crippen LogP contribution in [0.25, 0.3) is 10.9 Å². The lowest BCUT2D eigenvalue weighted by Gasteiger charge is -2.29. The molecule has 1 aromatic heterocycles. The molecule has 0 amide bonds. The second-order valence-electron chi connectivity index (χ2n) is 4.99. The number of benzene rings is 1. The number of hydrogen-bond acceptors (Lipinski definition) is 3. The number of nitriles is 1. The SMILES string of the molecule is CC(C)N(CC(F)(F)F)c1cc(C#N)c2ccccc2n1. The van der Waals surface area contributed by atoms with E-state index in [1.165, 1.54) is 6.07 Å². The summed E-state index contributed by atoms with van der Waals surface area (Å²) in [6.07, 6.45) is -4.33. The number of anilines is 1. The van der Waals surface area contributed by atoms with Crippen LogP contribution < -0.4 is 4.90 Å². The number of nitrogens with zero attached hydrogens (tertiary/aromatic N) is 3. The first-order valence-corrected chi connectivity index (χ1v) is 6.45. The monoisotopic (exact) mass is 293 g/mol. The van der Waals surface area contributed by atoms with Gasteiger partial charge in [-0.05, 0) is 26.0 Å². The number of fused-ring (bicyclic) bond motifs is 1. The minimum atomic E-state index is -4.33. The van der Waals surface area contributed by atoms with E-state index in [0.29, 0.717) is 16.5 Å². The molecule has 2 rings (SSSR count). The number of para-hydroxylation sites is 1.